The van der Waals surface area contributed by atoms with Gasteiger partial charge in [0.15, 0.2) is 6.10 Å². The zero-order valence-corrected chi connectivity index (χ0v) is 14.3. The molecule has 23 heavy (non-hydrogen) atoms. The standard InChI is InChI=1S/C20H25NO2/c1-5-16-9-11-17(12-10-16)21-20(22)18(6-2)23-19-13-14(3)7-8-15(19)4/h7-13,18H,5-6H2,1-4H3,(H,21,22). The van der Waals surface area contributed by atoms with Crippen molar-refractivity contribution in [1.82, 2.24) is 0 Å². The molecule has 0 aliphatic carbocycles. The minimum atomic E-state index is -0.499. The van der Waals surface area contributed by atoms with Gasteiger partial charge in [0.05, 0.1) is 0 Å². The number of ether oxygens (including phenoxy) is 1. The molecule has 0 aliphatic rings. The van der Waals surface area contributed by atoms with Gasteiger partial charge in [0.1, 0.15) is 5.75 Å². The van der Waals surface area contributed by atoms with Crippen LogP contribution in [0.15, 0.2) is 42.5 Å². The zero-order valence-electron chi connectivity index (χ0n) is 14.3. The summed E-state index contributed by atoms with van der Waals surface area (Å²) in [5.74, 6) is 0.658. The Balaban J connectivity index is 2.07. The van der Waals surface area contributed by atoms with Gasteiger partial charge in [-0.2, -0.15) is 0 Å². The van der Waals surface area contributed by atoms with Crippen LogP contribution in [0.5, 0.6) is 5.75 Å². The molecule has 1 N–H and O–H groups in total. The fourth-order valence-corrected chi connectivity index (χ4v) is 2.36. The van der Waals surface area contributed by atoms with Gasteiger partial charge in [0.25, 0.3) is 5.91 Å². The Morgan fingerprint density at radius 3 is 2.39 bits per heavy atom. The summed E-state index contributed by atoms with van der Waals surface area (Å²) in [6, 6.07) is 13.9. The van der Waals surface area contributed by atoms with Crippen LogP contribution in [0.3, 0.4) is 0 Å². The maximum absolute atomic E-state index is 12.5. The molecule has 0 aromatic heterocycles. The van der Waals surface area contributed by atoms with Gasteiger partial charge in [-0.05, 0) is 61.6 Å². The van der Waals surface area contributed by atoms with Crippen LogP contribution in [-0.4, -0.2) is 12.0 Å². The molecule has 2 aromatic carbocycles. The third kappa shape index (κ3) is 4.59. The molecule has 1 amide bonds. The molecule has 0 aliphatic heterocycles. The van der Waals surface area contributed by atoms with Crippen molar-refractivity contribution in [2.75, 3.05) is 5.32 Å². The first-order valence-corrected chi connectivity index (χ1v) is 8.17. The van der Waals surface area contributed by atoms with E-state index in [1.165, 1.54) is 5.56 Å². The lowest BCUT2D eigenvalue weighted by molar-refractivity contribution is -0.122. The normalized spacial score (nSPS) is 11.8. The molecular formula is C20H25NO2. The quantitative estimate of drug-likeness (QED) is 0.842. The maximum atomic E-state index is 12.5. The zero-order chi connectivity index (χ0) is 16.8. The summed E-state index contributed by atoms with van der Waals surface area (Å²) in [7, 11) is 0. The lowest BCUT2D eigenvalue weighted by Gasteiger charge is -2.19. The monoisotopic (exact) mass is 311 g/mol. The molecule has 2 rings (SSSR count). The second-order valence-corrected chi connectivity index (χ2v) is 5.82. The Labute approximate surface area is 138 Å². The van der Waals surface area contributed by atoms with Gasteiger partial charge < -0.3 is 10.1 Å². The van der Waals surface area contributed by atoms with E-state index >= 15 is 0 Å². The summed E-state index contributed by atoms with van der Waals surface area (Å²) in [6.45, 7) is 8.07. The fourth-order valence-electron chi connectivity index (χ4n) is 2.36. The molecule has 2 aromatic rings. The van der Waals surface area contributed by atoms with Gasteiger partial charge in [-0.1, -0.05) is 38.1 Å². The van der Waals surface area contributed by atoms with E-state index in [1.54, 1.807) is 0 Å². The van der Waals surface area contributed by atoms with Gasteiger partial charge in [0.2, 0.25) is 0 Å². The van der Waals surface area contributed by atoms with E-state index in [9.17, 15) is 4.79 Å². The summed E-state index contributed by atoms with van der Waals surface area (Å²) >= 11 is 0. The summed E-state index contributed by atoms with van der Waals surface area (Å²) in [5.41, 5.74) is 4.21. The first-order chi connectivity index (χ1) is 11.0. The molecule has 0 fully saturated rings. The number of carbonyl (C=O) groups excluding carboxylic acids is 1. The van der Waals surface area contributed by atoms with Gasteiger partial charge in [-0.25, -0.2) is 0 Å². The molecule has 0 radical (unpaired) electrons. The summed E-state index contributed by atoms with van der Waals surface area (Å²) in [5, 5.41) is 2.93. The minimum Gasteiger partial charge on any atom is -0.480 e. The van der Waals surface area contributed by atoms with Crippen molar-refractivity contribution in [2.45, 2.75) is 46.6 Å². The molecular weight excluding hydrogens is 286 g/mol. The smallest absolute Gasteiger partial charge is 0.265 e. The summed E-state index contributed by atoms with van der Waals surface area (Å²) in [4.78, 5) is 12.5. The molecule has 0 spiro atoms. The Kier molecular flexibility index (Phi) is 5.80. The van der Waals surface area contributed by atoms with Crippen LogP contribution >= 0.6 is 0 Å². The van der Waals surface area contributed by atoms with E-state index in [0.29, 0.717) is 6.42 Å². The number of benzene rings is 2. The van der Waals surface area contributed by atoms with Crippen LogP contribution in [0.25, 0.3) is 0 Å². The molecule has 0 saturated heterocycles. The van der Waals surface area contributed by atoms with Gasteiger partial charge in [-0.3, -0.25) is 4.79 Å². The minimum absolute atomic E-state index is 0.113. The number of carbonyl (C=O) groups is 1. The number of amides is 1. The highest BCUT2D eigenvalue weighted by molar-refractivity contribution is 5.94. The Morgan fingerprint density at radius 1 is 1.09 bits per heavy atom. The molecule has 0 saturated carbocycles. The van der Waals surface area contributed by atoms with E-state index < -0.39 is 6.10 Å². The molecule has 0 bridgehead atoms. The molecule has 122 valence electrons. The van der Waals surface area contributed by atoms with E-state index in [-0.39, 0.29) is 5.91 Å². The fraction of sp³-hybridized carbons (Fsp3) is 0.350. The van der Waals surface area contributed by atoms with E-state index in [0.717, 1.165) is 29.0 Å². The molecule has 0 heterocycles. The molecule has 1 atom stereocenters. The predicted octanol–water partition coefficient (Wildman–Crippen LogP) is 4.66. The van der Waals surface area contributed by atoms with Crippen molar-refractivity contribution in [2.24, 2.45) is 0 Å². The second kappa shape index (κ2) is 7.82. The topological polar surface area (TPSA) is 38.3 Å². The van der Waals surface area contributed by atoms with Crippen LogP contribution in [-0.2, 0) is 11.2 Å². The third-order valence-electron chi connectivity index (χ3n) is 3.91. The average Bonchev–Trinajstić information content (AvgIpc) is 2.56. The highest BCUT2D eigenvalue weighted by Crippen LogP contribution is 2.22. The van der Waals surface area contributed by atoms with Crippen molar-refractivity contribution < 1.29 is 9.53 Å². The highest BCUT2D eigenvalue weighted by atomic mass is 16.5. The van der Waals surface area contributed by atoms with Crippen molar-refractivity contribution in [3.05, 3.63) is 59.2 Å². The Morgan fingerprint density at radius 2 is 1.78 bits per heavy atom. The van der Waals surface area contributed by atoms with Crippen molar-refractivity contribution in [3.63, 3.8) is 0 Å². The second-order valence-electron chi connectivity index (χ2n) is 5.82. The molecule has 1 unspecified atom stereocenters. The van der Waals surface area contributed by atoms with E-state index in [1.807, 2.05) is 63.2 Å². The SMILES string of the molecule is CCc1ccc(NC(=O)C(CC)Oc2cc(C)ccc2C)cc1. The van der Waals surface area contributed by atoms with Crippen LogP contribution in [0.2, 0.25) is 0 Å². The van der Waals surface area contributed by atoms with Crippen molar-refractivity contribution >= 4 is 11.6 Å². The maximum Gasteiger partial charge on any atom is 0.265 e. The van der Waals surface area contributed by atoms with E-state index in [2.05, 4.69) is 12.2 Å². The average molecular weight is 311 g/mol. The molecule has 3 nitrogen and oxygen atoms in total. The summed E-state index contributed by atoms with van der Waals surface area (Å²) < 4.78 is 5.94. The summed E-state index contributed by atoms with van der Waals surface area (Å²) in [6.07, 6.45) is 1.11. The molecule has 3 heteroatoms. The largest absolute Gasteiger partial charge is 0.480 e. The van der Waals surface area contributed by atoms with Gasteiger partial charge >= 0.3 is 0 Å². The lowest BCUT2D eigenvalue weighted by atomic mass is 10.1. The van der Waals surface area contributed by atoms with Gasteiger partial charge in [-0.15, -0.1) is 0 Å². The van der Waals surface area contributed by atoms with Crippen LogP contribution in [0, 0.1) is 13.8 Å². The number of nitrogens with one attached hydrogen (secondary N) is 1. The first-order valence-electron chi connectivity index (χ1n) is 8.17. The highest BCUT2D eigenvalue weighted by Gasteiger charge is 2.19. The Hall–Kier alpha value is -2.29. The Bertz CT molecular complexity index is 662. The number of hydrogen-bond acceptors (Lipinski definition) is 2. The lowest BCUT2D eigenvalue weighted by Crippen LogP contribution is -2.32. The number of hydrogen-bond donors (Lipinski definition) is 1. The van der Waals surface area contributed by atoms with Crippen molar-refractivity contribution in [1.29, 1.82) is 0 Å². The van der Waals surface area contributed by atoms with Crippen molar-refractivity contribution in [3.8, 4) is 5.75 Å². The first kappa shape index (κ1) is 17.1. The number of aryl methyl sites for hydroxylation is 3. The third-order valence-corrected chi connectivity index (χ3v) is 3.91. The number of rotatable bonds is 6. The van der Waals surface area contributed by atoms with Crippen LogP contribution in [0.1, 0.15) is 37.0 Å². The van der Waals surface area contributed by atoms with Crippen LogP contribution in [0.4, 0.5) is 5.69 Å². The van der Waals surface area contributed by atoms with Gasteiger partial charge in [0, 0.05) is 5.69 Å². The van der Waals surface area contributed by atoms with E-state index in [4.69, 9.17) is 4.74 Å². The predicted molar refractivity (Wildman–Crippen MR) is 95.1 cm³/mol. The number of anilines is 1. The van der Waals surface area contributed by atoms with Crippen LogP contribution < -0.4 is 10.1 Å².